The Morgan fingerprint density at radius 1 is 1.11 bits per heavy atom. The van der Waals surface area contributed by atoms with Gasteiger partial charge in [-0.05, 0) is 85.7 Å². The van der Waals surface area contributed by atoms with Crippen LogP contribution in [0.2, 0.25) is 0 Å². The number of hydrogen-bond acceptors (Lipinski definition) is 4. The predicted octanol–water partition coefficient (Wildman–Crippen LogP) is 6.51. The van der Waals surface area contributed by atoms with Gasteiger partial charge in [-0.15, -0.1) is 0 Å². The third-order valence-electron chi connectivity index (χ3n) is 9.56. The number of benzene rings is 2. The molecule has 1 aromatic heterocycles. The van der Waals surface area contributed by atoms with E-state index in [1.807, 2.05) is 36.3 Å². The van der Waals surface area contributed by atoms with Crippen LogP contribution in [0.15, 0.2) is 54.7 Å². The molecule has 5 rings (SSSR count). The van der Waals surface area contributed by atoms with Gasteiger partial charge in [-0.2, -0.15) is 0 Å². The predicted molar refractivity (Wildman–Crippen MR) is 171 cm³/mol. The van der Waals surface area contributed by atoms with E-state index in [4.69, 9.17) is 4.74 Å². The average Bonchev–Trinajstić information content (AvgIpc) is 3.72. The molecule has 0 saturated carbocycles. The number of nitrogens with zero attached hydrogens (tertiary/aromatic N) is 3. The van der Waals surface area contributed by atoms with Crippen LogP contribution in [-0.4, -0.2) is 58.2 Å². The Bertz CT molecular complexity index is 1460. The SMILES string of the molecule is CCCC(CCC)N(C(=O)CN1C[C@H](c2ccc3c(c2)CCO3)C(C(=O)O)[C@@H]1CCc1cccn1C)c1ccc(F)c(C)c1. The zero-order valence-electron chi connectivity index (χ0n) is 26.5. The smallest absolute Gasteiger partial charge is 0.308 e. The average molecular weight is 604 g/mol. The number of aromatic nitrogens is 1. The second-order valence-electron chi connectivity index (χ2n) is 12.5. The lowest BCUT2D eigenvalue weighted by Gasteiger charge is -2.35. The van der Waals surface area contributed by atoms with Crippen LogP contribution in [0.1, 0.15) is 74.3 Å². The summed E-state index contributed by atoms with van der Waals surface area (Å²) >= 11 is 0. The van der Waals surface area contributed by atoms with Crippen molar-refractivity contribution in [2.75, 3.05) is 24.6 Å². The number of hydrogen-bond donors (Lipinski definition) is 1. The summed E-state index contributed by atoms with van der Waals surface area (Å²) in [4.78, 5) is 31.4. The highest BCUT2D eigenvalue weighted by Crippen LogP contribution is 2.41. The van der Waals surface area contributed by atoms with Crippen molar-refractivity contribution in [2.45, 2.75) is 83.7 Å². The number of anilines is 1. The van der Waals surface area contributed by atoms with Gasteiger partial charge in [0, 0.05) is 55.6 Å². The molecule has 7 nitrogen and oxygen atoms in total. The van der Waals surface area contributed by atoms with Crippen molar-refractivity contribution in [1.82, 2.24) is 9.47 Å². The van der Waals surface area contributed by atoms with Crippen molar-refractivity contribution < 1.29 is 23.8 Å². The first-order valence-corrected chi connectivity index (χ1v) is 16.1. The van der Waals surface area contributed by atoms with E-state index < -0.39 is 11.9 Å². The molecule has 0 radical (unpaired) electrons. The minimum Gasteiger partial charge on any atom is -0.493 e. The zero-order chi connectivity index (χ0) is 31.4. The van der Waals surface area contributed by atoms with Gasteiger partial charge in [-0.25, -0.2) is 4.39 Å². The molecule has 44 heavy (non-hydrogen) atoms. The summed E-state index contributed by atoms with van der Waals surface area (Å²) in [6.07, 6.45) is 7.66. The highest BCUT2D eigenvalue weighted by Gasteiger charge is 2.47. The van der Waals surface area contributed by atoms with Gasteiger partial charge in [-0.3, -0.25) is 14.5 Å². The van der Waals surface area contributed by atoms with Crippen LogP contribution < -0.4 is 9.64 Å². The van der Waals surface area contributed by atoms with Gasteiger partial charge < -0.3 is 19.3 Å². The topological polar surface area (TPSA) is 75.0 Å². The number of amides is 1. The molecular weight excluding hydrogens is 557 g/mol. The van der Waals surface area contributed by atoms with E-state index in [0.29, 0.717) is 37.2 Å². The zero-order valence-corrected chi connectivity index (χ0v) is 26.5. The normalized spacial score (nSPS) is 19.7. The standard InChI is InChI=1S/C36H46FN3O4/c1-5-8-28(9-6-2)40(29-12-14-31(37)24(3)20-29)34(41)23-39-22-30(25-11-16-33-26(21-25)17-19-44-33)35(36(42)43)32(39)15-13-27-10-7-18-38(27)4/h7,10-12,14,16,18,20-21,28,30,32,35H,5-6,8-9,13,15,17,19,22-23H2,1-4H3,(H,42,43)/t30-,32+,35?/m1/s1. The molecule has 2 aliphatic heterocycles. The molecule has 2 aromatic carbocycles. The quantitative estimate of drug-likeness (QED) is 0.241. The first-order valence-electron chi connectivity index (χ1n) is 16.1. The van der Waals surface area contributed by atoms with Crippen LogP contribution in [0.25, 0.3) is 0 Å². The van der Waals surface area contributed by atoms with Gasteiger partial charge in [0.25, 0.3) is 0 Å². The molecule has 1 fully saturated rings. The number of carboxylic acid groups (broad SMARTS) is 1. The second kappa shape index (κ2) is 14.0. The number of likely N-dealkylation sites (tertiary alicyclic amines) is 1. The lowest BCUT2D eigenvalue weighted by atomic mass is 9.83. The Hall–Kier alpha value is -3.65. The molecule has 3 atom stereocenters. The van der Waals surface area contributed by atoms with E-state index in [-0.39, 0.29) is 36.3 Å². The van der Waals surface area contributed by atoms with Gasteiger partial charge in [0.15, 0.2) is 0 Å². The summed E-state index contributed by atoms with van der Waals surface area (Å²) in [6.45, 7) is 7.17. The Morgan fingerprint density at radius 2 is 1.89 bits per heavy atom. The summed E-state index contributed by atoms with van der Waals surface area (Å²) in [6, 6.07) is 14.7. The molecule has 0 spiro atoms. The van der Waals surface area contributed by atoms with Crippen LogP contribution in [-0.2, 0) is 29.5 Å². The number of ether oxygens (including phenoxy) is 1. The Labute approximate surface area is 260 Å². The Balaban J connectivity index is 1.49. The van der Waals surface area contributed by atoms with Crippen molar-refractivity contribution >= 4 is 17.6 Å². The molecule has 8 heteroatoms. The van der Waals surface area contributed by atoms with Crippen molar-refractivity contribution in [3.63, 3.8) is 0 Å². The summed E-state index contributed by atoms with van der Waals surface area (Å²) in [7, 11) is 2.00. The third-order valence-corrected chi connectivity index (χ3v) is 9.56. The van der Waals surface area contributed by atoms with Crippen LogP contribution in [0, 0.1) is 18.7 Å². The van der Waals surface area contributed by atoms with Gasteiger partial charge in [0.1, 0.15) is 11.6 Å². The van der Waals surface area contributed by atoms with Crippen LogP contribution in [0.4, 0.5) is 10.1 Å². The van der Waals surface area contributed by atoms with Crippen molar-refractivity contribution in [1.29, 1.82) is 0 Å². The van der Waals surface area contributed by atoms with Crippen LogP contribution in [0.3, 0.4) is 0 Å². The second-order valence-corrected chi connectivity index (χ2v) is 12.5. The number of halogens is 1. The number of rotatable bonds is 13. The minimum atomic E-state index is -0.834. The first-order chi connectivity index (χ1) is 21.2. The maximum Gasteiger partial charge on any atom is 0.308 e. The molecule has 1 amide bonds. The summed E-state index contributed by atoms with van der Waals surface area (Å²) in [5.74, 6) is -1.25. The van der Waals surface area contributed by atoms with Crippen molar-refractivity contribution in [3.8, 4) is 5.75 Å². The summed E-state index contributed by atoms with van der Waals surface area (Å²) < 4.78 is 22.1. The van der Waals surface area contributed by atoms with Crippen molar-refractivity contribution in [2.24, 2.45) is 13.0 Å². The molecule has 3 aromatic rings. The number of fused-ring (bicyclic) bond motifs is 1. The van der Waals surface area contributed by atoms with E-state index in [0.717, 1.165) is 54.7 Å². The van der Waals surface area contributed by atoms with Gasteiger partial charge in [0.05, 0.1) is 19.1 Å². The summed E-state index contributed by atoms with van der Waals surface area (Å²) in [5.41, 5.74) is 4.43. The van der Waals surface area contributed by atoms with E-state index >= 15 is 0 Å². The number of carboxylic acids is 1. The van der Waals surface area contributed by atoms with Crippen molar-refractivity contribution in [3.05, 3.63) is 82.9 Å². The number of carbonyl (C=O) groups excluding carboxylic acids is 1. The molecule has 2 aliphatic rings. The first kappa shape index (κ1) is 31.8. The highest BCUT2D eigenvalue weighted by atomic mass is 19.1. The maximum atomic E-state index is 14.4. The molecule has 3 heterocycles. The highest BCUT2D eigenvalue weighted by molar-refractivity contribution is 5.95. The van der Waals surface area contributed by atoms with E-state index in [1.54, 1.807) is 19.1 Å². The van der Waals surface area contributed by atoms with Gasteiger partial charge in [0.2, 0.25) is 5.91 Å². The van der Waals surface area contributed by atoms with Gasteiger partial charge >= 0.3 is 5.97 Å². The van der Waals surface area contributed by atoms with E-state index in [9.17, 15) is 19.1 Å². The molecule has 0 aliphatic carbocycles. The molecule has 1 unspecified atom stereocenters. The fourth-order valence-corrected chi connectivity index (χ4v) is 7.34. The lowest BCUT2D eigenvalue weighted by molar-refractivity contribution is -0.143. The van der Waals surface area contributed by atoms with E-state index in [1.165, 1.54) is 6.07 Å². The number of carbonyl (C=O) groups is 2. The Morgan fingerprint density at radius 3 is 2.55 bits per heavy atom. The number of aliphatic carboxylic acids is 1. The third kappa shape index (κ3) is 6.70. The fraction of sp³-hybridized carbons (Fsp3) is 0.500. The lowest BCUT2D eigenvalue weighted by Crippen LogP contribution is -2.48. The largest absolute Gasteiger partial charge is 0.493 e. The van der Waals surface area contributed by atoms with E-state index in [2.05, 4.69) is 35.4 Å². The molecule has 1 saturated heterocycles. The molecule has 0 bridgehead atoms. The molecule has 1 N–H and O–H groups in total. The number of aryl methyl sites for hydroxylation is 3. The van der Waals surface area contributed by atoms with Crippen LogP contribution in [0.5, 0.6) is 5.75 Å². The monoisotopic (exact) mass is 603 g/mol. The minimum absolute atomic E-state index is 0.0189. The van der Waals surface area contributed by atoms with Crippen LogP contribution >= 0.6 is 0 Å². The molecule has 236 valence electrons. The Kier molecular flexibility index (Phi) is 10.1. The summed E-state index contributed by atoms with van der Waals surface area (Å²) in [5, 5.41) is 10.7. The fourth-order valence-electron chi connectivity index (χ4n) is 7.34. The van der Waals surface area contributed by atoms with Gasteiger partial charge in [-0.1, -0.05) is 38.8 Å². The maximum absolute atomic E-state index is 14.4. The molecular formula is C36H46FN3O4.